The minimum atomic E-state index is -0.222. The van der Waals surface area contributed by atoms with Crippen molar-refractivity contribution in [2.75, 3.05) is 28.2 Å². The lowest BCUT2D eigenvalue weighted by atomic mass is 10.1. The Hall–Kier alpha value is -0.903. The van der Waals surface area contributed by atoms with Gasteiger partial charge in [0.05, 0.1) is 15.7 Å². The molecular formula is C15H26N2Si. The smallest absolute Gasteiger partial charge is 0.0586 e. The molecule has 3 heteroatoms. The van der Waals surface area contributed by atoms with E-state index in [0.717, 1.165) is 5.57 Å². The van der Waals surface area contributed by atoms with Gasteiger partial charge in [0.1, 0.15) is 0 Å². The van der Waals surface area contributed by atoms with Crippen molar-refractivity contribution >= 4 is 20.3 Å². The second-order valence-corrected chi connectivity index (χ2v) is 7.32. The van der Waals surface area contributed by atoms with Crippen LogP contribution in [0.5, 0.6) is 0 Å². The maximum absolute atomic E-state index is 4.02. The zero-order valence-corrected chi connectivity index (χ0v) is 13.8. The summed E-state index contributed by atoms with van der Waals surface area (Å²) in [5, 5.41) is 1.53. The van der Waals surface area contributed by atoms with E-state index in [1.807, 2.05) is 0 Å². The summed E-state index contributed by atoms with van der Waals surface area (Å²) < 4.78 is 0. The summed E-state index contributed by atoms with van der Waals surface area (Å²) in [5.41, 5.74) is 2.44. The molecule has 0 amide bonds. The van der Waals surface area contributed by atoms with Crippen molar-refractivity contribution in [2.45, 2.75) is 19.1 Å². The zero-order chi connectivity index (χ0) is 13.7. The summed E-state index contributed by atoms with van der Waals surface area (Å²) in [6, 6.07) is 10.2. The summed E-state index contributed by atoms with van der Waals surface area (Å²) in [6.45, 7) is 6.09. The average Bonchev–Trinajstić information content (AvgIpc) is 2.28. The Morgan fingerprint density at radius 2 is 1.83 bits per heavy atom. The first-order valence-corrected chi connectivity index (χ1v) is 8.20. The van der Waals surface area contributed by atoms with Gasteiger partial charge in [-0.15, -0.1) is 0 Å². The van der Waals surface area contributed by atoms with Crippen molar-refractivity contribution in [3.63, 3.8) is 0 Å². The van der Waals surface area contributed by atoms with Crippen LogP contribution < -0.4 is 5.19 Å². The molecule has 0 saturated heterocycles. The molecule has 0 aliphatic rings. The van der Waals surface area contributed by atoms with Gasteiger partial charge in [-0.2, -0.15) is 0 Å². The Balaban J connectivity index is 2.67. The van der Waals surface area contributed by atoms with Gasteiger partial charge in [-0.3, -0.25) is 9.80 Å². The number of allylic oxidation sites excluding steroid dienone is 1. The third-order valence-electron chi connectivity index (χ3n) is 3.30. The Bertz CT molecular complexity index is 391. The molecule has 0 heterocycles. The minimum absolute atomic E-state index is 0.222. The summed E-state index contributed by atoms with van der Waals surface area (Å²) >= 11 is 0. The predicted molar refractivity (Wildman–Crippen MR) is 85.3 cm³/mol. The standard InChI is InChI=1S/C15H26N2Si/c1-12(2)13-8-7-9-14(10-13)18-11-15(16(3)4)17(5)6/h7-10,15H,1,11,18H2,2-6H3. The van der Waals surface area contributed by atoms with Crippen molar-refractivity contribution in [1.82, 2.24) is 9.80 Å². The molecule has 0 aliphatic carbocycles. The van der Waals surface area contributed by atoms with Gasteiger partial charge in [0.2, 0.25) is 0 Å². The molecule has 0 atom stereocenters. The highest BCUT2D eigenvalue weighted by molar-refractivity contribution is 6.53. The molecule has 0 aliphatic heterocycles. The Morgan fingerprint density at radius 3 is 2.33 bits per heavy atom. The second kappa shape index (κ2) is 6.88. The molecule has 2 nitrogen and oxygen atoms in total. The molecule has 1 aromatic rings. The van der Waals surface area contributed by atoms with Crippen LogP contribution in [0.2, 0.25) is 6.04 Å². The van der Waals surface area contributed by atoms with E-state index in [1.54, 1.807) is 0 Å². The topological polar surface area (TPSA) is 6.48 Å². The third kappa shape index (κ3) is 4.41. The van der Waals surface area contributed by atoms with E-state index in [-0.39, 0.29) is 9.52 Å². The number of hydrogen-bond acceptors (Lipinski definition) is 2. The highest BCUT2D eigenvalue weighted by Crippen LogP contribution is 2.09. The predicted octanol–water partition coefficient (Wildman–Crippen LogP) is 1.38. The van der Waals surface area contributed by atoms with Crippen LogP contribution >= 0.6 is 0 Å². The lowest BCUT2D eigenvalue weighted by molar-refractivity contribution is 0.147. The summed E-state index contributed by atoms with van der Waals surface area (Å²) in [7, 11) is 8.40. The van der Waals surface area contributed by atoms with Crippen LogP contribution in [0.25, 0.3) is 5.57 Å². The lowest BCUT2D eigenvalue weighted by Gasteiger charge is -2.30. The number of nitrogens with zero attached hydrogens (tertiary/aromatic N) is 2. The van der Waals surface area contributed by atoms with Crippen LogP contribution in [0.3, 0.4) is 0 Å². The van der Waals surface area contributed by atoms with Gasteiger partial charge < -0.3 is 0 Å². The van der Waals surface area contributed by atoms with Gasteiger partial charge in [-0.1, -0.05) is 41.6 Å². The van der Waals surface area contributed by atoms with E-state index >= 15 is 0 Å². The molecule has 0 N–H and O–H groups in total. The SMILES string of the molecule is C=C(C)c1cccc([SiH2]CC(N(C)C)N(C)C)c1. The molecule has 100 valence electrons. The summed E-state index contributed by atoms with van der Waals surface area (Å²) in [5.74, 6) is 0. The first-order valence-electron chi connectivity index (χ1n) is 6.49. The van der Waals surface area contributed by atoms with Gasteiger partial charge in [0.25, 0.3) is 0 Å². The molecule has 1 aromatic carbocycles. The van der Waals surface area contributed by atoms with Crippen LogP contribution in [0, 0.1) is 0 Å². The van der Waals surface area contributed by atoms with Crippen LogP contribution in [0.15, 0.2) is 30.8 Å². The molecular weight excluding hydrogens is 236 g/mol. The fourth-order valence-electron chi connectivity index (χ4n) is 2.27. The zero-order valence-electron chi connectivity index (χ0n) is 12.4. The van der Waals surface area contributed by atoms with E-state index in [4.69, 9.17) is 0 Å². The van der Waals surface area contributed by atoms with Crippen LogP contribution in [0.4, 0.5) is 0 Å². The van der Waals surface area contributed by atoms with Gasteiger partial charge in [-0.25, -0.2) is 0 Å². The van der Waals surface area contributed by atoms with Crippen LogP contribution in [0.1, 0.15) is 12.5 Å². The first-order chi connectivity index (χ1) is 8.41. The molecule has 0 spiro atoms. The van der Waals surface area contributed by atoms with Gasteiger partial charge in [0, 0.05) is 0 Å². The largest absolute Gasteiger partial charge is 0.294 e. The molecule has 1 rings (SSSR count). The monoisotopic (exact) mass is 262 g/mol. The second-order valence-electron chi connectivity index (χ2n) is 5.43. The van der Waals surface area contributed by atoms with Crippen LogP contribution in [-0.2, 0) is 0 Å². The van der Waals surface area contributed by atoms with E-state index in [9.17, 15) is 0 Å². The maximum atomic E-state index is 4.02. The lowest BCUT2D eigenvalue weighted by Crippen LogP contribution is -2.42. The highest BCUT2D eigenvalue weighted by Gasteiger charge is 2.13. The fourth-order valence-corrected chi connectivity index (χ4v) is 4.56. The Labute approximate surface area is 114 Å². The van der Waals surface area contributed by atoms with Crippen molar-refractivity contribution in [3.05, 3.63) is 36.4 Å². The molecule has 0 saturated carbocycles. The fraction of sp³-hybridized carbons (Fsp3) is 0.467. The Morgan fingerprint density at radius 1 is 1.22 bits per heavy atom. The third-order valence-corrected chi connectivity index (χ3v) is 5.13. The van der Waals surface area contributed by atoms with Crippen molar-refractivity contribution < 1.29 is 0 Å². The van der Waals surface area contributed by atoms with Gasteiger partial charge >= 0.3 is 0 Å². The maximum Gasteiger partial charge on any atom is 0.0586 e. The van der Waals surface area contributed by atoms with Crippen molar-refractivity contribution in [1.29, 1.82) is 0 Å². The van der Waals surface area contributed by atoms with E-state index in [1.165, 1.54) is 16.8 Å². The number of rotatable bonds is 6. The van der Waals surface area contributed by atoms with E-state index in [2.05, 4.69) is 75.8 Å². The normalized spacial score (nSPS) is 12.2. The average molecular weight is 262 g/mol. The summed E-state index contributed by atoms with van der Waals surface area (Å²) in [4.78, 5) is 4.60. The van der Waals surface area contributed by atoms with Crippen LogP contribution in [-0.4, -0.2) is 53.7 Å². The molecule has 0 fully saturated rings. The first kappa shape index (κ1) is 15.2. The highest BCUT2D eigenvalue weighted by atomic mass is 28.2. The summed E-state index contributed by atoms with van der Waals surface area (Å²) in [6.07, 6.45) is 0.546. The molecule has 0 bridgehead atoms. The molecule has 0 aromatic heterocycles. The van der Waals surface area contributed by atoms with E-state index in [0.29, 0.717) is 6.17 Å². The molecule has 0 unspecified atom stereocenters. The number of benzene rings is 1. The Kier molecular flexibility index (Phi) is 5.79. The van der Waals surface area contributed by atoms with Gasteiger partial charge in [-0.05, 0) is 46.7 Å². The minimum Gasteiger partial charge on any atom is -0.294 e. The number of hydrogen-bond donors (Lipinski definition) is 0. The van der Waals surface area contributed by atoms with Crippen molar-refractivity contribution in [3.8, 4) is 0 Å². The molecule has 18 heavy (non-hydrogen) atoms. The van der Waals surface area contributed by atoms with Crippen molar-refractivity contribution in [2.24, 2.45) is 0 Å². The van der Waals surface area contributed by atoms with E-state index < -0.39 is 0 Å². The van der Waals surface area contributed by atoms with Gasteiger partial charge in [0.15, 0.2) is 0 Å². The molecule has 0 radical (unpaired) electrons. The quantitative estimate of drug-likeness (QED) is 0.564.